The van der Waals surface area contributed by atoms with Crippen LogP contribution in [0.2, 0.25) is 0 Å². The molecule has 1 atom stereocenters. The topological polar surface area (TPSA) is 95.6 Å². The van der Waals surface area contributed by atoms with E-state index in [1.807, 2.05) is 0 Å². The molecule has 0 aromatic heterocycles. The number of sulfonamides is 1. The summed E-state index contributed by atoms with van der Waals surface area (Å²) in [5, 5.41) is 5.98. The van der Waals surface area contributed by atoms with Crippen LogP contribution in [0.1, 0.15) is 55.3 Å². The van der Waals surface area contributed by atoms with Crippen LogP contribution in [0.5, 0.6) is 0 Å². The molecule has 1 saturated carbocycles. The van der Waals surface area contributed by atoms with Crippen molar-refractivity contribution >= 4 is 27.5 Å². The molecule has 2 amide bonds. The first-order chi connectivity index (χ1) is 15.9. The van der Waals surface area contributed by atoms with Gasteiger partial charge >= 0.3 is 0 Å². The van der Waals surface area contributed by atoms with Gasteiger partial charge in [-0.05, 0) is 49.9 Å². The van der Waals surface area contributed by atoms with Gasteiger partial charge in [0.25, 0.3) is 5.91 Å². The molecular formula is C25H31N3O4S. The molecule has 2 N–H and O–H groups in total. The van der Waals surface area contributed by atoms with Gasteiger partial charge in [-0.15, -0.1) is 0 Å². The van der Waals surface area contributed by atoms with Crippen molar-refractivity contribution in [3.8, 4) is 0 Å². The highest BCUT2D eigenvalue weighted by Gasteiger charge is 2.33. The molecule has 1 aliphatic carbocycles. The van der Waals surface area contributed by atoms with Gasteiger partial charge in [-0.1, -0.05) is 49.6 Å². The Morgan fingerprint density at radius 2 is 1.55 bits per heavy atom. The number of nitrogens with one attached hydrogen (secondary N) is 2. The van der Waals surface area contributed by atoms with Crippen LogP contribution in [0.15, 0.2) is 59.5 Å². The minimum Gasteiger partial charge on any atom is -0.349 e. The second-order valence-corrected chi connectivity index (χ2v) is 10.8. The Morgan fingerprint density at radius 3 is 2.30 bits per heavy atom. The third-order valence-corrected chi connectivity index (χ3v) is 8.39. The van der Waals surface area contributed by atoms with E-state index in [1.54, 1.807) is 54.6 Å². The second-order valence-electron chi connectivity index (χ2n) is 8.86. The predicted octanol–water partition coefficient (Wildman–Crippen LogP) is 3.79. The van der Waals surface area contributed by atoms with E-state index >= 15 is 0 Å². The predicted molar refractivity (Wildman–Crippen MR) is 127 cm³/mol. The molecule has 176 valence electrons. The lowest BCUT2D eigenvalue weighted by Crippen LogP contribution is -2.43. The van der Waals surface area contributed by atoms with Crippen molar-refractivity contribution < 1.29 is 18.0 Å². The number of piperidine rings is 1. The van der Waals surface area contributed by atoms with Crippen LogP contribution in [0.4, 0.5) is 5.69 Å². The second kappa shape index (κ2) is 10.5. The normalized spacial score (nSPS) is 20.2. The van der Waals surface area contributed by atoms with Gasteiger partial charge < -0.3 is 10.6 Å². The Kier molecular flexibility index (Phi) is 7.45. The van der Waals surface area contributed by atoms with Crippen LogP contribution in [0.3, 0.4) is 0 Å². The lowest BCUT2D eigenvalue weighted by molar-refractivity contribution is -0.120. The van der Waals surface area contributed by atoms with Gasteiger partial charge in [-0.3, -0.25) is 9.59 Å². The summed E-state index contributed by atoms with van der Waals surface area (Å²) in [7, 11) is -3.65. The molecule has 0 spiro atoms. The van der Waals surface area contributed by atoms with Crippen molar-refractivity contribution in [1.29, 1.82) is 0 Å². The number of nitrogens with zero attached hydrogens (tertiary/aromatic N) is 1. The molecule has 1 saturated heterocycles. The molecule has 2 fully saturated rings. The molecule has 2 aromatic rings. The van der Waals surface area contributed by atoms with E-state index in [2.05, 4.69) is 10.6 Å². The molecule has 7 nitrogen and oxygen atoms in total. The molecule has 1 aliphatic heterocycles. The van der Waals surface area contributed by atoms with Crippen molar-refractivity contribution in [2.75, 3.05) is 18.4 Å². The van der Waals surface area contributed by atoms with Crippen LogP contribution in [-0.2, 0) is 14.8 Å². The van der Waals surface area contributed by atoms with E-state index in [-0.39, 0.29) is 29.3 Å². The van der Waals surface area contributed by atoms with E-state index in [9.17, 15) is 18.0 Å². The van der Waals surface area contributed by atoms with Crippen molar-refractivity contribution in [1.82, 2.24) is 9.62 Å². The minimum atomic E-state index is -3.65. The molecule has 2 aliphatic rings. The Morgan fingerprint density at radius 1 is 0.848 bits per heavy atom. The van der Waals surface area contributed by atoms with E-state index in [1.165, 1.54) is 10.7 Å². The number of anilines is 1. The van der Waals surface area contributed by atoms with Crippen LogP contribution in [0, 0.1) is 5.92 Å². The number of benzene rings is 2. The summed E-state index contributed by atoms with van der Waals surface area (Å²) in [6, 6.07) is 15.4. The van der Waals surface area contributed by atoms with Crippen molar-refractivity contribution in [2.24, 2.45) is 5.92 Å². The van der Waals surface area contributed by atoms with Crippen molar-refractivity contribution in [3.05, 3.63) is 60.2 Å². The quantitative estimate of drug-likeness (QED) is 0.673. The SMILES string of the molecule is O=C(NC1CCCCC1)c1ccccc1NC(=O)[C@@H]1CCCN(S(=O)(=O)c2ccccc2)C1. The lowest BCUT2D eigenvalue weighted by atomic mass is 9.95. The maximum Gasteiger partial charge on any atom is 0.253 e. The number of rotatable bonds is 6. The van der Waals surface area contributed by atoms with Gasteiger partial charge in [0.05, 0.1) is 22.1 Å². The summed E-state index contributed by atoms with van der Waals surface area (Å²) in [4.78, 5) is 26.2. The van der Waals surface area contributed by atoms with Gasteiger partial charge in [-0.25, -0.2) is 8.42 Å². The Bertz CT molecular complexity index is 1080. The first-order valence-electron chi connectivity index (χ1n) is 11.7. The van der Waals surface area contributed by atoms with Gasteiger partial charge in [-0.2, -0.15) is 4.31 Å². The molecule has 8 heteroatoms. The number of hydrogen-bond donors (Lipinski definition) is 2. The molecule has 33 heavy (non-hydrogen) atoms. The van der Waals surface area contributed by atoms with Crippen molar-refractivity contribution in [3.63, 3.8) is 0 Å². The highest BCUT2D eigenvalue weighted by atomic mass is 32.2. The molecule has 1 heterocycles. The van der Waals surface area contributed by atoms with Gasteiger partial charge in [0.2, 0.25) is 15.9 Å². The fourth-order valence-electron chi connectivity index (χ4n) is 4.65. The molecule has 0 unspecified atom stereocenters. The first-order valence-corrected chi connectivity index (χ1v) is 13.1. The van der Waals surface area contributed by atoms with E-state index in [0.717, 1.165) is 25.7 Å². The number of hydrogen-bond acceptors (Lipinski definition) is 4. The summed E-state index contributed by atoms with van der Waals surface area (Å²) >= 11 is 0. The highest BCUT2D eigenvalue weighted by molar-refractivity contribution is 7.89. The van der Waals surface area contributed by atoms with Crippen LogP contribution in [0.25, 0.3) is 0 Å². The third kappa shape index (κ3) is 5.62. The maximum absolute atomic E-state index is 13.1. The number of carbonyl (C=O) groups is 2. The lowest BCUT2D eigenvalue weighted by Gasteiger charge is -2.31. The highest BCUT2D eigenvalue weighted by Crippen LogP contribution is 2.26. The molecule has 0 bridgehead atoms. The van der Waals surface area contributed by atoms with Crippen LogP contribution in [-0.4, -0.2) is 43.7 Å². The molecule has 4 rings (SSSR count). The monoisotopic (exact) mass is 469 g/mol. The van der Waals surface area contributed by atoms with Gasteiger partial charge in [0, 0.05) is 19.1 Å². The minimum absolute atomic E-state index is 0.125. The number of para-hydroxylation sites is 1. The summed E-state index contributed by atoms with van der Waals surface area (Å²) in [5.41, 5.74) is 0.889. The average Bonchev–Trinajstić information content (AvgIpc) is 2.85. The summed E-state index contributed by atoms with van der Waals surface area (Å²) in [6.07, 6.45) is 6.61. The third-order valence-electron chi connectivity index (χ3n) is 6.51. The summed E-state index contributed by atoms with van der Waals surface area (Å²) in [5.74, 6) is -0.928. The largest absolute Gasteiger partial charge is 0.349 e. The van der Waals surface area contributed by atoms with Crippen molar-refractivity contribution in [2.45, 2.75) is 55.9 Å². The Balaban J connectivity index is 1.43. The average molecular weight is 470 g/mol. The number of amides is 2. The zero-order valence-electron chi connectivity index (χ0n) is 18.7. The summed E-state index contributed by atoms with van der Waals surface area (Å²) in [6.45, 7) is 0.515. The van der Waals surface area contributed by atoms with E-state index in [4.69, 9.17) is 0 Å². The standard InChI is InChI=1S/C25H31N3O4S/c29-24(19-10-9-17-28(18-19)33(31,32)21-13-5-2-6-14-21)27-23-16-8-7-15-22(23)25(30)26-20-11-3-1-4-12-20/h2,5-8,13-16,19-20H,1,3-4,9-12,17-18H2,(H,26,30)(H,27,29)/t19-/m1/s1. The van der Waals surface area contributed by atoms with Crippen LogP contribution >= 0.6 is 0 Å². The van der Waals surface area contributed by atoms with Gasteiger partial charge in [0.15, 0.2) is 0 Å². The zero-order chi connectivity index (χ0) is 23.3. The first kappa shape index (κ1) is 23.4. The smallest absolute Gasteiger partial charge is 0.253 e. The molecular weight excluding hydrogens is 438 g/mol. The zero-order valence-corrected chi connectivity index (χ0v) is 19.5. The van der Waals surface area contributed by atoms with Crippen LogP contribution < -0.4 is 10.6 Å². The fraction of sp³-hybridized carbons (Fsp3) is 0.440. The maximum atomic E-state index is 13.1. The number of carbonyl (C=O) groups excluding carboxylic acids is 2. The molecule has 2 aromatic carbocycles. The van der Waals surface area contributed by atoms with E-state index in [0.29, 0.717) is 30.6 Å². The Hall–Kier alpha value is -2.71. The fourth-order valence-corrected chi connectivity index (χ4v) is 6.20. The Labute approximate surface area is 195 Å². The summed E-state index contributed by atoms with van der Waals surface area (Å²) < 4.78 is 27.4. The molecule has 0 radical (unpaired) electrons. The van der Waals surface area contributed by atoms with Gasteiger partial charge in [0.1, 0.15) is 0 Å². The van der Waals surface area contributed by atoms with E-state index < -0.39 is 15.9 Å².